The van der Waals surface area contributed by atoms with Gasteiger partial charge in [-0.3, -0.25) is 0 Å². The fourth-order valence-electron chi connectivity index (χ4n) is 3.53. The van der Waals surface area contributed by atoms with Crippen molar-refractivity contribution in [1.29, 1.82) is 0 Å². The van der Waals surface area contributed by atoms with Crippen LogP contribution in [0, 0.1) is 23.7 Å². The summed E-state index contributed by atoms with van der Waals surface area (Å²) in [4.78, 5) is 0. The highest BCUT2D eigenvalue weighted by molar-refractivity contribution is 5.08. The molecule has 0 spiro atoms. The number of fused-ring (bicyclic) bond motifs is 2. The molecule has 0 aromatic carbocycles. The second-order valence-electron chi connectivity index (χ2n) is 4.98. The Kier molecular flexibility index (Phi) is 2.14. The largest absolute Gasteiger partial charge is 0.396 e. The Morgan fingerprint density at radius 1 is 1.46 bits per heavy atom. The molecule has 2 aliphatic carbocycles. The zero-order chi connectivity index (χ0) is 9.64. The van der Waals surface area contributed by atoms with E-state index in [2.05, 4.69) is 6.92 Å². The first-order valence-corrected chi connectivity index (χ1v) is 5.39. The molecule has 5 atom stereocenters. The van der Waals surface area contributed by atoms with Gasteiger partial charge in [0, 0.05) is 6.61 Å². The van der Waals surface area contributed by atoms with Crippen LogP contribution in [0.1, 0.15) is 33.1 Å². The molecule has 2 aliphatic rings. The summed E-state index contributed by atoms with van der Waals surface area (Å²) in [7, 11) is 0. The summed E-state index contributed by atoms with van der Waals surface area (Å²) in [6.07, 6.45) is 2.41. The Hall–Kier alpha value is -0.110. The van der Waals surface area contributed by atoms with Gasteiger partial charge in [0.15, 0.2) is 0 Å². The zero-order valence-electron chi connectivity index (χ0n) is 8.46. The van der Waals surface area contributed by atoms with Crippen molar-refractivity contribution in [2.24, 2.45) is 23.7 Å². The molecule has 76 valence electrons. The van der Waals surface area contributed by atoms with E-state index < -0.39 is 5.67 Å². The van der Waals surface area contributed by atoms with E-state index in [4.69, 9.17) is 5.11 Å². The molecule has 0 radical (unpaired) electrons. The Bertz CT molecular complexity index is 206. The molecule has 2 saturated carbocycles. The van der Waals surface area contributed by atoms with Gasteiger partial charge in [0.2, 0.25) is 0 Å². The first-order chi connectivity index (χ1) is 6.09. The number of hydrogen-bond acceptors (Lipinski definition) is 1. The second-order valence-corrected chi connectivity index (χ2v) is 4.98. The van der Waals surface area contributed by atoms with Crippen LogP contribution in [0.25, 0.3) is 0 Å². The molecular formula is C11H19FO. The van der Waals surface area contributed by atoms with Gasteiger partial charge in [-0.25, -0.2) is 4.39 Å². The van der Waals surface area contributed by atoms with Crippen molar-refractivity contribution < 1.29 is 9.50 Å². The summed E-state index contributed by atoms with van der Waals surface area (Å²) in [5.74, 6) is 1.45. The molecule has 13 heavy (non-hydrogen) atoms. The highest BCUT2D eigenvalue weighted by atomic mass is 19.1. The average Bonchev–Trinajstić information content (AvgIpc) is 2.51. The van der Waals surface area contributed by atoms with Crippen molar-refractivity contribution >= 4 is 0 Å². The van der Waals surface area contributed by atoms with Crippen molar-refractivity contribution in [3.63, 3.8) is 0 Å². The molecular weight excluding hydrogens is 167 g/mol. The number of rotatable bonds is 2. The number of aliphatic hydroxyl groups excluding tert-OH is 1. The summed E-state index contributed by atoms with van der Waals surface area (Å²) >= 11 is 0. The zero-order valence-corrected chi connectivity index (χ0v) is 8.46. The lowest BCUT2D eigenvalue weighted by molar-refractivity contribution is 0.0196. The minimum atomic E-state index is -0.952. The molecule has 0 aliphatic heterocycles. The van der Waals surface area contributed by atoms with E-state index in [1.807, 2.05) is 6.92 Å². The van der Waals surface area contributed by atoms with Crippen LogP contribution < -0.4 is 0 Å². The molecule has 0 aromatic rings. The molecule has 5 unspecified atom stereocenters. The third-order valence-corrected chi connectivity index (χ3v) is 4.61. The van der Waals surface area contributed by atoms with Gasteiger partial charge in [0.25, 0.3) is 0 Å². The van der Waals surface area contributed by atoms with E-state index in [-0.39, 0.29) is 18.4 Å². The minimum Gasteiger partial charge on any atom is -0.396 e. The number of halogens is 1. The molecule has 0 amide bonds. The highest BCUT2D eigenvalue weighted by Gasteiger charge is 2.59. The van der Waals surface area contributed by atoms with E-state index in [1.54, 1.807) is 0 Å². The van der Waals surface area contributed by atoms with Crippen molar-refractivity contribution in [3.05, 3.63) is 0 Å². The van der Waals surface area contributed by atoms with Crippen LogP contribution in [0.15, 0.2) is 0 Å². The number of alkyl halides is 1. The van der Waals surface area contributed by atoms with E-state index in [1.165, 1.54) is 0 Å². The molecule has 2 bridgehead atoms. The summed E-state index contributed by atoms with van der Waals surface area (Å²) in [5.41, 5.74) is -0.952. The first-order valence-electron chi connectivity index (χ1n) is 5.39. The quantitative estimate of drug-likeness (QED) is 0.702. The van der Waals surface area contributed by atoms with Crippen molar-refractivity contribution in [2.45, 2.75) is 38.8 Å². The fourth-order valence-corrected chi connectivity index (χ4v) is 3.53. The van der Waals surface area contributed by atoms with Crippen LogP contribution >= 0.6 is 0 Å². The predicted molar refractivity (Wildman–Crippen MR) is 50.1 cm³/mol. The highest BCUT2D eigenvalue weighted by Crippen LogP contribution is 2.60. The standard InChI is InChI=1S/C11H19FO/c1-7-8(2)11(12)6-9(7)5-10(11)3-4-13/h7-10,13H,3-6H2,1-2H3. The Morgan fingerprint density at radius 2 is 2.15 bits per heavy atom. The topological polar surface area (TPSA) is 20.2 Å². The number of hydrogen-bond donors (Lipinski definition) is 1. The van der Waals surface area contributed by atoms with Gasteiger partial charge in [0.05, 0.1) is 0 Å². The summed E-state index contributed by atoms with van der Waals surface area (Å²) in [5, 5.41) is 8.85. The third kappa shape index (κ3) is 1.14. The molecule has 2 rings (SSSR count). The van der Waals surface area contributed by atoms with Crippen LogP contribution in [0.3, 0.4) is 0 Å². The van der Waals surface area contributed by atoms with Gasteiger partial charge in [-0.05, 0) is 42.9 Å². The Morgan fingerprint density at radius 3 is 2.62 bits per heavy atom. The lowest BCUT2D eigenvalue weighted by Gasteiger charge is -2.36. The SMILES string of the molecule is CC1C2CC(CCO)C(F)(C2)C1C. The van der Waals surface area contributed by atoms with Crippen LogP contribution in [0.5, 0.6) is 0 Å². The van der Waals surface area contributed by atoms with Crippen LogP contribution in [-0.4, -0.2) is 17.4 Å². The van der Waals surface area contributed by atoms with Gasteiger partial charge in [-0.1, -0.05) is 13.8 Å². The van der Waals surface area contributed by atoms with Crippen molar-refractivity contribution in [2.75, 3.05) is 6.61 Å². The van der Waals surface area contributed by atoms with Gasteiger partial charge in [-0.2, -0.15) is 0 Å². The smallest absolute Gasteiger partial charge is 0.117 e. The predicted octanol–water partition coefficient (Wildman–Crippen LogP) is 2.39. The van der Waals surface area contributed by atoms with Gasteiger partial charge in [-0.15, -0.1) is 0 Å². The maximum atomic E-state index is 14.5. The number of aliphatic hydroxyl groups is 1. The van der Waals surface area contributed by atoms with E-state index in [9.17, 15) is 4.39 Å². The molecule has 2 heteroatoms. The maximum absolute atomic E-state index is 14.5. The molecule has 1 N–H and O–H groups in total. The van der Waals surface area contributed by atoms with Gasteiger partial charge < -0.3 is 5.11 Å². The third-order valence-electron chi connectivity index (χ3n) is 4.61. The van der Waals surface area contributed by atoms with Crippen molar-refractivity contribution in [1.82, 2.24) is 0 Å². The summed E-state index contributed by atoms with van der Waals surface area (Å²) in [6.45, 7) is 4.35. The minimum absolute atomic E-state index is 0.133. The van der Waals surface area contributed by atoms with E-state index >= 15 is 0 Å². The maximum Gasteiger partial charge on any atom is 0.117 e. The Labute approximate surface area is 79.3 Å². The van der Waals surface area contributed by atoms with E-state index in [0.717, 1.165) is 12.8 Å². The fraction of sp³-hybridized carbons (Fsp3) is 1.00. The molecule has 0 saturated heterocycles. The molecule has 1 nitrogen and oxygen atoms in total. The van der Waals surface area contributed by atoms with Crippen LogP contribution in [0.2, 0.25) is 0 Å². The van der Waals surface area contributed by atoms with Crippen LogP contribution in [-0.2, 0) is 0 Å². The van der Waals surface area contributed by atoms with Crippen molar-refractivity contribution in [3.8, 4) is 0 Å². The molecule has 2 fully saturated rings. The lowest BCUT2D eigenvalue weighted by Crippen LogP contribution is -2.38. The van der Waals surface area contributed by atoms with Gasteiger partial charge in [0.1, 0.15) is 5.67 Å². The van der Waals surface area contributed by atoms with E-state index in [0.29, 0.717) is 18.3 Å². The average molecular weight is 186 g/mol. The lowest BCUT2D eigenvalue weighted by atomic mass is 9.73. The summed E-state index contributed by atoms with van der Waals surface area (Å²) in [6, 6.07) is 0. The first kappa shape index (κ1) is 9.45. The second kappa shape index (κ2) is 2.94. The summed E-state index contributed by atoms with van der Waals surface area (Å²) < 4.78 is 14.5. The molecule has 0 heterocycles. The normalized spacial score (nSPS) is 54.5. The Balaban J connectivity index is 2.14. The van der Waals surface area contributed by atoms with Gasteiger partial charge >= 0.3 is 0 Å². The monoisotopic (exact) mass is 186 g/mol. The molecule has 0 aromatic heterocycles. The van der Waals surface area contributed by atoms with Crippen LogP contribution in [0.4, 0.5) is 4.39 Å².